The first-order valence-electron chi connectivity index (χ1n) is 10.8. The van der Waals surface area contributed by atoms with Gasteiger partial charge in [0.05, 0.1) is 13.7 Å². The van der Waals surface area contributed by atoms with Gasteiger partial charge in [0, 0.05) is 24.3 Å². The fourth-order valence-corrected chi connectivity index (χ4v) is 4.04. The van der Waals surface area contributed by atoms with Crippen molar-refractivity contribution in [3.05, 3.63) is 65.2 Å². The molecule has 0 spiro atoms. The van der Waals surface area contributed by atoms with Gasteiger partial charge in [0.15, 0.2) is 5.82 Å². The lowest BCUT2D eigenvalue weighted by atomic mass is 10.1. The molecular formula is C24H29N5O2. The molecule has 1 aliphatic heterocycles. The minimum atomic E-state index is -0.205. The lowest BCUT2D eigenvalue weighted by molar-refractivity contribution is 0.256. The zero-order valence-corrected chi connectivity index (χ0v) is 18.4. The minimum absolute atomic E-state index is 0.205. The number of carbonyl (C=O) groups excluding carboxylic acids is 1. The summed E-state index contributed by atoms with van der Waals surface area (Å²) in [5, 5.41) is 11.9. The van der Waals surface area contributed by atoms with Crippen LogP contribution in [0.5, 0.6) is 5.75 Å². The maximum atomic E-state index is 13.4. The largest absolute Gasteiger partial charge is 0.497 e. The Labute approximate surface area is 183 Å². The van der Waals surface area contributed by atoms with Crippen LogP contribution in [0.1, 0.15) is 42.0 Å². The van der Waals surface area contributed by atoms with E-state index in [0.29, 0.717) is 12.2 Å². The molecule has 2 amide bonds. The molecule has 3 aromatic rings. The van der Waals surface area contributed by atoms with E-state index >= 15 is 0 Å². The van der Waals surface area contributed by atoms with Crippen molar-refractivity contribution >= 4 is 17.4 Å². The Hall–Kier alpha value is -3.35. The molecule has 0 bridgehead atoms. The number of ether oxygens (including phenoxy) is 1. The summed E-state index contributed by atoms with van der Waals surface area (Å²) in [6.07, 6.45) is 4.38. The van der Waals surface area contributed by atoms with Gasteiger partial charge in [0.2, 0.25) is 0 Å². The van der Waals surface area contributed by atoms with Crippen LogP contribution in [0.4, 0.5) is 16.2 Å². The predicted molar refractivity (Wildman–Crippen MR) is 122 cm³/mol. The number of carbonyl (C=O) groups is 1. The predicted octanol–water partition coefficient (Wildman–Crippen LogP) is 4.87. The van der Waals surface area contributed by atoms with Gasteiger partial charge >= 0.3 is 6.03 Å². The average Bonchev–Trinajstić information content (AvgIpc) is 2.98. The zero-order valence-electron chi connectivity index (χ0n) is 18.4. The molecule has 7 heteroatoms. The monoisotopic (exact) mass is 419 g/mol. The first-order valence-corrected chi connectivity index (χ1v) is 10.8. The number of benzene rings is 2. The van der Waals surface area contributed by atoms with E-state index in [0.717, 1.165) is 60.0 Å². The third kappa shape index (κ3) is 4.71. The van der Waals surface area contributed by atoms with E-state index in [2.05, 4.69) is 33.1 Å². The molecule has 4 rings (SSSR count). The van der Waals surface area contributed by atoms with Gasteiger partial charge in [-0.05, 0) is 62.6 Å². The minimum Gasteiger partial charge on any atom is -0.497 e. The molecule has 0 saturated carbocycles. The van der Waals surface area contributed by atoms with Crippen LogP contribution in [0.3, 0.4) is 0 Å². The molecule has 0 unspecified atom stereocenters. The van der Waals surface area contributed by atoms with E-state index < -0.39 is 0 Å². The second-order valence-corrected chi connectivity index (χ2v) is 8.03. The first-order chi connectivity index (χ1) is 15.0. The Balaban J connectivity index is 1.64. The Morgan fingerprint density at radius 1 is 1.10 bits per heavy atom. The smallest absolute Gasteiger partial charge is 0.326 e. The van der Waals surface area contributed by atoms with Crippen LogP contribution in [0.15, 0.2) is 42.5 Å². The van der Waals surface area contributed by atoms with Crippen molar-refractivity contribution in [2.75, 3.05) is 17.3 Å². The lowest BCUT2D eigenvalue weighted by Crippen LogP contribution is -2.36. The Bertz CT molecular complexity index is 1060. The Kier molecular flexibility index (Phi) is 6.21. The second-order valence-electron chi connectivity index (χ2n) is 8.03. The molecule has 2 aromatic carbocycles. The Morgan fingerprint density at radius 2 is 1.90 bits per heavy atom. The topological polar surface area (TPSA) is 72.3 Å². The van der Waals surface area contributed by atoms with E-state index in [1.54, 1.807) is 12.0 Å². The molecule has 7 nitrogen and oxygen atoms in total. The molecule has 0 fully saturated rings. The van der Waals surface area contributed by atoms with Gasteiger partial charge in [-0.2, -0.15) is 0 Å². The number of urea groups is 1. The zero-order chi connectivity index (χ0) is 21.8. The van der Waals surface area contributed by atoms with Crippen molar-refractivity contribution in [1.82, 2.24) is 14.8 Å². The number of amides is 2. The number of nitrogens with one attached hydrogen (secondary N) is 1. The molecule has 0 saturated heterocycles. The van der Waals surface area contributed by atoms with Crippen molar-refractivity contribution in [1.29, 1.82) is 0 Å². The van der Waals surface area contributed by atoms with E-state index in [1.807, 2.05) is 43.3 Å². The molecule has 162 valence electrons. The number of hydrogen-bond donors (Lipinski definition) is 1. The molecule has 1 N–H and O–H groups in total. The van der Waals surface area contributed by atoms with Gasteiger partial charge in [-0.15, -0.1) is 10.2 Å². The summed E-state index contributed by atoms with van der Waals surface area (Å²) in [5.41, 5.74) is 3.77. The summed E-state index contributed by atoms with van der Waals surface area (Å²) in [5.74, 6) is 2.58. The van der Waals surface area contributed by atoms with Crippen LogP contribution < -0.4 is 15.0 Å². The fraction of sp³-hybridized carbons (Fsp3) is 0.375. The highest BCUT2D eigenvalue weighted by Gasteiger charge is 2.23. The van der Waals surface area contributed by atoms with Crippen molar-refractivity contribution in [3.8, 4) is 5.75 Å². The van der Waals surface area contributed by atoms with Crippen LogP contribution in [-0.4, -0.2) is 27.9 Å². The molecule has 0 atom stereocenters. The summed E-state index contributed by atoms with van der Waals surface area (Å²) >= 11 is 0. The number of fused-ring (bicyclic) bond motifs is 1. The van der Waals surface area contributed by atoms with Gasteiger partial charge in [-0.1, -0.05) is 24.1 Å². The number of methoxy groups -OCH3 is 1. The van der Waals surface area contributed by atoms with Crippen LogP contribution in [0.25, 0.3) is 0 Å². The summed E-state index contributed by atoms with van der Waals surface area (Å²) in [4.78, 5) is 15.1. The van der Waals surface area contributed by atoms with Crippen LogP contribution >= 0.6 is 0 Å². The van der Waals surface area contributed by atoms with Crippen molar-refractivity contribution in [2.24, 2.45) is 0 Å². The number of hydrogen-bond acceptors (Lipinski definition) is 4. The number of anilines is 2. The molecular weight excluding hydrogens is 390 g/mol. The number of aromatic nitrogens is 3. The van der Waals surface area contributed by atoms with E-state index in [1.165, 1.54) is 6.42 Å². The second kappa shape index (κ2) is 9.20. The van der Waals surface area contributed by atoms with Crippen molar-refractivity contribution < 1.29 is 9.53 Å². The highest BCUT2D eigenvalue weighted by Crippen LogP contribution is 2.25. The van der Waals surface area contributed by atoms with Crippen molar-refractivity contribution in [3.63, 3.8) is 0 Å². The number of rotatable bonds is 5. The van der Waals surface area contributed by atoms with Crippen LogP contribution in [0.2, 0.25) is 0 Å². The lowest BCUT2D eigenvalue weighted by Gasteiger charge is -2.25. The molecule has 1 aromatic heterocycles. The molecule has 0 radical (unpaired) electrons. The summed E-state index contributed by atoms with van der Waals surface area (Å²) in [6, 6.07) is 13.2. The highest BCUT2D eigenvalue weighted by atomic mass is 16.5. The average molecular weight is 420 g/mol. The van der Waals surface area contributed by atoms with Gasteiger partial charge in [-0.3, -0.25) is 4.90 Å². The molecule has 2 heterocycles. The number of aryl methyl sites for hydroxylation is 3. The molecule has 1 aliphatic rings. The van der Waals surface area contributed by atoms with Gasteiger partial charge in [0.25, 0.3) is 0 Å². The highest BCUT2D eigenvalue weighted by molar-refractivity contribution is 6.02. The summed E-state index contributed by atoms with van der Waals surface area (Å²) in [6.45, 7) is 5.34. The molecule has 0 aliphatic carbocycles. The third-order valence-electron chi connectivity index (χ3n) is 5.72. The fourth-order valence-electron chi connectivity index (χ4n) is 4.04. The normalized spacial score (nSPS) is 13.3. The van der Waals surface area contributed by atoms with Crippen LogP contribution in [0, 0.1) is 13.8 Å². The van der Waals surface area contributed by atoms with E-state index in [4.69, 9.17) is 4.74 Å². The first kappa shape index (κ1) is 20.9. The van der Waals surface area contributed by atoms with Gasteiger partial charge in [0.1, 0.15) is 11.6 Å². The van der Waals surface area contributed by atoms with Gasteiger partial charge in [-0.25, -0.2) is 4.79 Å². The van der Waals surface area contributed by atoms with E-state index in [-0.39, 0.29) is 6.03 Å². The Morgan fingerprint density at radius 3 is 2.65 bits per heavy atom. The standard InChI is InChI=1S/C24H29N5O2/c1-17-8-13-21(18(2)15-17)29(24(30)25-19-9-11-20(31-3)12-10-19)16-23-27-26-22-7-5-4-6-14-28(22)23/h8-13,15H,4-7,14,16H2,1-3H3,(H,25,30). The van der Waals surface area contributed by atoms with Crippen LogP contribution in [-0.2, 0) is 19.5 Å². The van der Waals surface area contributed by atoms with Gasteiger partial charge < -0.3 is 14.6 Å². The van der Waals surface area contributed by atoms with E-state index in [9.17, 15) is 4.79 Å². The number of nitrogens with zero attached hydrogens (tertiary/aromatic N) is 4. The third-order valence-corrected chi connectivity index (χ3v) is 5.72. The van der Waals surface area contributed by atoms with Crippen molar-refractivity contribution in [2.45, 2.75) is 52.6 Å². The maximum absolute atomic E-state index is 13.4. The SMILES string of the molecule is COc1ccc(NC(=O)N(Cc2nnc3n2CCCCC3)c2ccc(C)cc2C)cc1. The summed E-state index contributed by atoms with van der Waals surface area (Å²) < 4.78 is 7.39. The summed E-state index contributed by atoms with van der Waals surface area (Å²) in [7, 11) is 1.62. The maximum Gasteiger partial charge on any atom is 0.326 e. The molecule has 31 heavy (non-hydrogen) atoms. The quantitative estimate of drug-likeness (QED) is 0.640.